The number of nitrogens with one attached hydrogen (secondary N) is 2. The number of hydrogen-bond donors (Lipinski definition) is 2. The SMILES string of the molecule is [C-]#[N+]c1ccc(C[C@H](CCO[Si](C)(C)C(C)(C)C)C(=O)NNC(=O)c2ccc(C#N)cc2)c(C)c1Cl. The third kappa shape index (κ3) is 7.41. The lowest BCUT2D eigenvalue weighted by molar-refractivity contribution is -0.126. The van der Waals surface area contributed by atoms with E-state index >= 15 is 0 Å². The van der Waals surface area contributed by atoms with Gasteiger partial charge in [-0.3, -0.25) is 20.4 Å². The molecule has 0 saturated heterocycles. The highest BCUT2D eigenvalue weighted by Crippen LogP contribution is 2.37. The molecule has 2 aromatic carbocycles. The first-order valence-electron chi connectivity index (χ1n) is 11.7. The lowest BCUT2D eigenvalue weighted by atomic mass is 9.93. The molecule has 0 saturated carbocycles. The van der Waals surface area contributed by atoms with Gasteiger partial charge in [-0.25, -0.2) is 4.85 Å². The fourth-order valence-electron chi connectivity index (χ4n) is 3.27. The highest BCUT2D eigenvalue weighted by molar-refractivity contribution is 6.74. The van der Waals surface area contributed by atoms with Crippen molar-refractivity contribution < 1.29 is 14.0 Å². The van der Waals surface area contributed by atoms with Crippen LogP contribution >= 0.6 is 11.6 Å². The summed E-state index contributed by atoms with van der Waals surface area (Å²) in [6, 6.07) is 11.6. The standard InChI is InChI=1S/C27H33ClN4O3Si/c1-18-21(12-13-23(30-5)24(18)28)16-22(14-15-35-36(6,7)27(2,3)4)26(34)32-31-25(33)20-10-8-19(17-29)9-11-20/h8-13,22H,14-16H2,1-4,6-7H3,(H,31,33)(H,32,34)/t22-/m0/s1. The molecule has 36 heavy (non-hydrogen) atoms. The summed E-state index contributed by atoms with van der Waals surface area (Å²) >= 11 is 6.36. The lowest BCUT2D eigenvalue weighted by Gasteiger charge is -2.36. The summed E-state index contributed by atoms with van der Waals surface area (Å²) in [5.74, 6) is -1.32. The van der Waals surface area contributed by atoms with Gasteiger partial charge in [0.25, 0.3) is 5.91 Å². The Balaban J connectivity index is 2.17. The molecule has 9 heteroatoms. The smallest absolute Gasteiger partial charge is 0.269 e. The van der Waals surface area contributed by atoms with Crippen molar-refractivity contribution >= 4 is 37.4 Å². The number of hydrogen-bond acceptors (Lipinski definition) is 4. The van der Waals surface area contributed by atoms with E-state index in [1.165, 1.54) is 24.3 Å². The summed E-state index contributed by atoms with van der Waals surface area (Å²) in [6.07, 6.45) is 0.829. The maximum absolute atomic E-state index is 13.2. The van der Waals surface area contributed by atoms with E-state index in [1.807, 2.05) is 19.1 Å². The third-order valence-electron chi connectivity index (χ3n) is 6.75. The van der Waals surface area contributed by atoms with E-state index in [-0.39, 0.29) is 10.9 Å². The first kappa shape index (κ1) is 29.1. The summed E-state index contributed by atoms with van der Waals surface area (Å²) in [5, 5.41) is 9.34. The molecule has 2 amide bonds. The Kier molecular flexibility index (Phi) is 9.83. The molecule has 0 aromatic heterocycles. The average Bonchev–Trinajstić information content (AvgIpc) is 2.83. The van der Waals surface area contributed by atoms with E-state index in [0.717, 1.165) is 11.1 Å². The number of amides is 2. The second-order valence-corrected chi connectivity index (χ2v) is 15.4. The van der Waals surface area contributed by atoms with Crippen molar-refractivity contribution in [3.63, 3.8) is 0 Å². The number of nitriles is 1. The fourth-order valence-corrected chi connectivity index (χ4v) is 4.56. The van der Waals surface area contributed by atoms with Gasteiger partial charge in [0.15, 0.2) is 8.32 Å². The molecule has 0 fully saturated rings. The zero-order valence-corrected chi connectivity index (χ0v) is 23.4. The number of carbonyl (C=O) groups is 2. The van der Waals surface area contributed by atoms with Gasteiger partial charge in [-0.2, -0.15) is 5.26 Å². The van der Waals surface area contributed by atoms with Gasteiger partial charge in [-0.05, 0) is 73.3 Å². The van der Waals surface area contributed by atoms with Crippen LogP contribution in [0.15, 0.2) is 36.4 Å². The van der Waals surface area contributed by atoms with Crippen LogP contribution in [0.1, 0.15) is 54.2 Å². The van der Waals surface area contributed by atoms with Crippen LogP contribution in [0.4, 0.5) is 5.69 Å². The summed E-state index contributed by atoms with van der Waals surface area (Å²) in [5.41, 5.74) is 7.75. The Bertz CT molecular complexity index is 1190. The molecule has 1 atom stereocenters. The molecule has 190 valence electrons. The van der Waals surface area contributed by atoms with Crippen molar-refractivity contribution in [1.82, 2.24) is 10.9 Å². The van der Waals surface area contributed by atoms with Crippen molar-refractivity contribution in [2.24, 2.45) is 5.92 Å². The summed E-state index contributed by atoms with van der Waals surface area (Å²) in [4.78, 5) is 29.1. The normalized spacial score (nSPS) is 12.2. The van der Waals surface area contributed by atoms with E-state index in [4.69, 9.17) is 27.9 Å². The predicted molar refractivity (Wildman–Crippen MR) is 144 cm³/mol. The second-order valence-electron chi connectivity index (χ2n) is 10.2. The Labute approximate surface area is 219 Å². The number of halogens is 1. The van der Waals surface area contributed by atoms with Gasteiger partial charge in [-0.15, -0.1) is 0 Å². The minimum atomic E-state index is -2.00. The number of carbonyl (C=O) groups excluding carboxylic acids is 2. The molecule has 0 bridgehead atoms. The van der Waals surface area contributed by atoms with Gasteiger partial charge in [0.1, 0.15) is 0 Å². The molecule has 2 aromatic rings. The quantitative estimate of drug-likeness (QED) is 0.247. The second kappa shape index (κ2) is 12.2. The van der Waals surface area contributed by atoms with Crippen molar-refractivity contribution in [2.75, 3.05) is 6.61 Å². The van der Waals surface area contributed by atoms with Crippen LogP contribution in [0.5, 0.6) is 0 Å². The molecule has 7 nitrogen and oxygen atoms in total. The maximum atomic E-state index is 13.2. The van der Waals surface area contributed by atoms with Crippen LogP contribution in [0, 0.1) is 30.7 Å². The van der Waals surface area contributed by atoms with Crippen molar-refractivity contribution in [2.45, 2.75) is 58.7 Å². The predicted octanol–water partition coefficient (Wildman–Crippen LogP) is 6.10. The molecule has 0 spiro atoms. The van der Waals surface area contributed by atoms with Crippen LogP contribution in [0.3, 0.4) is 0 Å². The van der Waals surface area contributed by atoms with Crippen LogP contribution < -0.4 is 10.9 Å². The molecular formula is C27H33ClN4O3Si. The molecule has 0 aliphatic rings. The van der Waals surface area contributed by atoms with Gasteiger partial charge < -0.3 is 4.43 Å². The van der Waals surface area contributed by atoms with E-state index in [0.29, 0.717) is 41.3 Å². The van der Waals surface area contributed by atoms with E-state index in [2.05, 4.69) is 49.6 Å². The summed E-state index contributed by atoms with van der Waals surface area (Å²) in [6.45, 7) is 20.3. The zero-order valence-electron chi connectivity index (χ0n) is 21.7. The van der Waals surface area contributed by atoms with Crippen LogP contribution in [-0.4, -0.2) is 26.7 Å². The number of benzene rings is 2. The number of rotatable bonds is 8. The Morgan fingerprint density at radius 3 is 2.36 bits per heavy atom. The highest BCUT2D eigenvalue weighted by atomic mass is 35.5. The van der Waals surface area contributed by atoms with Crippen LogP contribution in [0.2, 0.25) is 23.2 Å². The lowest BCUT2D eigenvalue weighted by Crippen LogP contribution is -2.46. The van der Waals surface area contributed by atoms with E-state index in [1.54, 1.807) is 6.07 Å². The first-order chi connectivity index (χ1) is 16.8. The molecule has 0 unspecified atom stereocenters. The van der Waals surface area contributed by atoms with Gasteiger partial charge in [0.05, 0.1) is 23.2 Å². The van der Waals surface area contributed by atoms with Gasteiger partial charge in [-0.1, -0.05) is 44.5 Å². The fraction of sp³-hybridized carbons (Fsp3) is 0.407. The maximum Gasteiger partial charge on any atom is 0.269 e. The minimum Gasteiger partial charge on any atom is -0.417 e. The van der Waals surface area contributed by atoms with Gasteiger partial charge in [0.2, 0.25) is 11.6 Å². The summed E-state index contributed by atoms with van der Waals surface area (Å²) in [7, 11) is -2.00. The Morgan fingerprint density at radius 2 is 1.81 bits per heavy atom. The molecule has 0 radical (unpaired) electrons. The van der Waals surface area contributed by atoms with Gasteiger partial charge in [0, 0.05) is 18.1 Å². The molecule has 2 rings (SSSR count). The highest BCUT2D eigenvalue weighted by Gasteiger charge is 2.37. The van der Waals surface area contributed by atoms with Crippen molar-refractivity contribution in [1.29, 1.82) is 5.26 Å². The van der Waals surface area contributed by atoms with Crippen molar-refractivity contribution in [3.8, 4) is 6.07 Å². The topological polar surface area (TPSA) is 95.6 Å². The first-order valence-corrected chi connectivity index (χ1v) is 15.0. The van der Waals surface area contributed by atoms with E-state index < -0.39 is 20.1 Å². The van der Waals surface area contributed by atoms with Crippen LogP contribution in [0.25, 0.3) is 4.85 Å². The molecule has 0 heterocycles. The number of nitrogens with zero attached hydrogens (tertiary/aromatic N) is 2. The molecular weight excluding hydrogens is 492 g/mol. The average molecular weight is 525 g/mol. The zero-order chi connectivity index (χ0) is 27.1. The van der Waals surface area contributed by atoms with Crippen molar-refractivity contribution in [3.05, 3.63) is 75.1 Å². The Hall–Kier alpha value is -3.17. The van der Waals surface area contributed by atoms with Crippen LogP contribution in [-0.2, 0) is 15.6 Å². The van der Waals surface area contributed by atoms with Gasteiger partial charge >= 0.3 is 0 Å². The molecule has 2 N–H and O–H groups in total. The Morgan fingerprint density at radius 1 is 1.17 bits per heavy atom. The minimum absolute atomic E-state index is 0.0412. The number of hydrazine groups is 1. The molecule has 0 aliphatic heterocycles. The van der Waals surface area contributed by atoms with E-state index in [9.17, 15) is 9.59 Å². The molecule has 0 aliphatic carbocycles. The largest absolute Gasteiger partial charge is 0.417 e. The third-order valence-corrected chi connectivity index (χ3v) is 11.8. The summed E-state index contributed by atoms with van der Waals surface area (Å²) < 4.78 is 6.30. The monoisotopic (exact) mass is 524 g/mol.